The molecule has 0 fully saturated rings. The van der Waals surface area contributed by atoms with E-state index in [0.29, 0.717) is 5.02 Å². The first-order chi connectivity index (χ1) is 9.31. The molecule has 2 amide bonds. The number of nitrogens with two attached hydrogens (primary N) is 2. The molecule has 5 N–H and O–H groups in total. The molecule has 0 heterocycles. The lowest BCUT2D eigenvalue weighted by atomic mass is 9.95. The molecule has 0 aliphatic rings. The van der Waals surface area contributed by atoms with Crippen molar-refractivity contribution in [2.24, 2.45) is 17.4 Å². The minimum atomic E-state index is -0.930. The summed E-state index contributed by atoms with van der Waals surface area (Å²) in [6.07, 6.45) is -0.169. The van der Waals surface area contributed by atoms with E-state index in [1.165, 1.54) is 0 Å². The zero-order chi connectivity index (χ0) is 15.3. The van der Waals surface area contributed by atoms with Gasteiger partial charge in [-0.15, -0.1) is 0 Å². The lowest BCUT2D eigenvalue weighted by Gasteiger charge is -2.24. The van der Waals surface area contributed by atoms with Crippen LogP contribution in [-0.4, -0.2) is 17.9 Å². The molecule has 1 rings (SSSR count). The highest BCUT2D eigenvalue weighted by atomic mass is 35.5. The van der Waals surface area contributed by atoms with Gasteiger partial charge in [-0.1, -0.05) is 37.6 Å². The Bertz CT molecular complexity index is 474. The van der Waals surface area contributed by atoms with E-state index >= 15 is 0 Å². The number of nitrogens with one attached hydrogen (secondary N) is 1. The molecule has 2 atom stereocenters. The van der Waals surface area contributed by atoms with Gasteiger partial charge in [0.1, 0.15) is 0 Å². The highest BCUT2D eigenvalue weighted by Crippen LogP contribution is 2.23. The van der Waals surface area contributed by atoms with Crippen LogP contribution in [0.4, 0.5) is 0 Å². The molecule has 1 aromatic carbocycles. The first-order valence-electron chi connectivity index (χ1n) is 6.41. The van der Waals surface area contributed by atoms with E-state index in [2.05, 4.69) is 5.32 Å². The Kier molecular flexibility index (Phi) is 5.98. The Hall–Kier alpha value is -1.59. The standard InChI is InChI=1S/C14H20ClN3O2/c1-8(2)13(9-3-5-10(15)6-4-9)18-14(20)11(16)7-12(17)19/h3-6,8,11,13H,7,16H2,1-2H3,(H2,17,19)(H,18,20). The van der Waals surface area contributed by atoms with E-state index in [1.54, 1.807) is 12.1 Å². The highest BCUT2D eigenvalue weighted by molar-refractivity contribution is 6.30. The largest absolute Gasteiger partial charge is 0.370 e. The molecule has 6 heteroatoms. The molecule has 0 radical (unpaired) electrons. The number of hydrogen-bond acceptors (Lipinski definition) is 3. The predicted molar refractivity (Wildman–Crippen MR) is 79.0 cm³/mol. The van der Waals surface area contributed by atoms with Crippen LogP contribution in [0.3, 0.4) is 0 Å². The monoisotopic (exact) mass is 297 g/mol. The van der Waals surface area contributed by atoms with E-state index in [9.17, 15) is 9.59 Å². The molecule has 2 unspecified atom stereocenters. The summed E-state index contributed by atoms with van der Waals surface area (Å²) in [4.78, 5) is 22.8. The van der Waals surface area contributed by atoms with Crippen molar-refractivity contribution in [3.8, 4) is 0 Å². The smallest absolute Gasteiger partial charge is 0.237 e. The number of carbonyl (C=O) groups excluding carboxylic acids is 2. The summed E-state index contributed by atoms with van der Waals surface area (Å²) >= 11 is 5.85. The number of carbonyl (C=O) groups is 2. The molecule has 0 spiro atoms. The number of benzene rings is 1. The second-order valence-electron chi connectivity index (χ2n) is 5.06. The molecule has 0 saturated carbocycles. The van der Waals surface area contributed by atoms with Gasteiger partial charge in [-0.05, 0) is 23.6 Å². The summed E-state index contributed by atoms with van der Waals surface area (Å²) in [7, 11) is 0. The van der Waals surface area contributed by atoms with Crippen LogP contribution in [0.25, 0.3) is 0 Å². The number of hydrogen-bond donors (Lipinski definition) is 3. The minimum absolute atomic E-state index is 0.168. The van der Waals surface area contributed by atoms with Crippen molar-refractivity contribution in [3.63, 3.8) is 0 Å². The Morgan fingerprint density at radius 2 is 1.80 bits per heavy atom. The zero-order valence-corrected chi connectivity index (χ0v) is 12.4. The Morgan fingerprint density at radius 3 is 2.25 bits per heavy atom. The molecule has 20 heavy (non-hydrogen) atoms. The van der Waals surface area contributed by atoms with Gasteiger partial charge in [0.25, 0.3) is 0 Å². The molecule has 0 aromatic heterocycles. The molecular formula is C14H20ClN3O2. The van der Waals surface area contributed by atoms with E-state index in [4.69, 9.17) is 23.1 Å². The molecule has 1 aromatic rings. The summed E-state index contributed by atoms with van der Waals surface area (Å²) in [6.45, 7) is 3.97. The Morgan fingerprint density at radius 1 is 1.25 bits per heavy atom. The van der Waals surface area contributed by atoms with E-state index in [-0.39, 0.29) is 18.4 Å². The van der Waals surface area contributed by atoms with Crippen LogP contribution in [0.15, 0.2) is 24.3 Å². The SMILES string of the molecule is CC(C)C(NC(=O)C(N)CC(N)=O)c1ccc(Cl)cc1. The number of halogens is 1. The van der Waals surface area contributed by atoms with E-state index < -0.39 is 17.9 Å². The van der Waals surface area contributed by atoms with Crippen LogP contribution in [-0.2, 0) is 9.59 Å². The van der Waals surface area contributed by atoms with Crippen LogP contribution in [0, 0.1) is 5.92 Å². The Labute approximate surface area is 123 Å². The third-order valence-corrected chi connectivity index (χ3v) is 3.20. The molecule has 110 valence electrons. The Balaban J connectivity index is 2.80. The van der Waals surface area contributed by atoms with Gasteiger partial charge in [-0.3, -0.25) is 9.59 Å². The van der Waals surface area contributed by atoms with E-state index in [1.807, 2.05) is 26.0 Å². The number of amides is 2. The van der Waals surface area contributed by atoms with Crippen LogP contribution in [0.2, 0.25) is 5.02 Å². The van der Waals surface area contributed by atoms with Crippen LogP contribution in [0.5, 0.6) is 0 Å². The van der Waals surface area contributed by atoms with Crippen molar-refractivity contribution in [2.45, 2.75) is 32.4 Å². The summed E-state index contributed by atoms with van der Waals surface area (Å²) < 4.78 is 0. The van der Waals surface area contributed by atoms with Crippen molar-refractivity contribution in [3.05, 3.63) is 34.9 Å². The van der Waals surface area contributed by atoms with Gasteiger partial charge in [0.05, 0.1) is 18.5 Å². The van der Waals surface area contributed by atoms with Crippen molar-refractivity contribution >= 4 is 23.4 Å². The quantitative estimate of drug-likeness (QED) is 0.739. The van der Waals surface area contributed by atoms with Gasteiger partial charge in [0.2, 0.25) is 11.8 Å². The van der Waals surface area contributed by atoms with Crippen LogP contribution < -0.4 is 16.8 Å². The van der Waals surface area contributed by atoms with Crippen molar-refractivity contribution in [2.75, 3.05) is 0 Å². The second kappa shape index (κ2) is 7.26. The fourth-order valence-electron chi connectivity index (χ4n) is 1.87. The minimum Gasteiger partial charge on any atom is -0.370 e. The van der Waals surface area contributed by atoms with Gasteiger partial charge in [0.15, 0.2) is 0 Å². The molecule has 5 nitrogen and oxygen atoms in total. The third-order valence-electron chi connectivity index (χ3n) is 2.95. The summed E-state index contributed by atoms with van der Waals surface area (Å²) in [5.74, 6) is -0.821. The average Bonchev–Trinajstić information content (AvgIpc) is 2.35. The average molecular weight is 298 g/mol. The molecule has 0 aliphatic carbocycles. The maximum absolute atomic E-state index is 12.0. The van der Waals surface area contributed by atoms with Crippen LogP contribution in [0.1, 0.15) is 31.9 Å². The van der Waals surface area contributed by atoms with Gasteiger partial charge in [0, 0.05) is 5.02 Å². The van der Waals surface area contributed by atoms with Crippen molar-refractivity contribution in [1.29, 1.82) is 0 Å². The number of rotatable bonds is 6. The van der Waals surface area contributed by atoms with E-state index in [0.717, 1.165) is 5.56 Å². The first-order valence-corrected chi connectivity index (χ1v) is 6.78. The second-order valence-corrected chi connectivity index (χ2v) is 5.50. The van der Waals surface area contributed by atoms with Gasteiger partial charge in [-0.25, -0.2) is 0 Å². The van der Waals surface area contributed by atoms with Gasteiger partial charge < -0.3 is 16.8 Å². The van der Waals surface area contributed by atoms with Gasteiger partial charge in [-0.2, -0.15) is 0 Å². The summed E-state index contributed by atoms with van der Waals surface area (Å²) in [6, 6.07) is 6.11. The number of primary amides is 1. The van der Waals surface area contributed by atoms with Crippen molar-refractivity contribution < 1.29 is 9.59 Å². The maximum atomic E-state index is 12.0. The maximum Gasteiger partial charge on any atom is 0.237 e. The molecule has 0 aliphatic heterocycles. The van der Waals surface area contributed by atoms with Crippen molar-refractivity contribution in [1.82, 2.24) is 5.32 Å². The summed E-state index contributed by atoms with van der Waals surface area (Å²) in [5, 5.41) is 3.47. The van der Waals surface area contributed by atoms with Crippen LogP contribution >= 0.6 is 11.6 Å². The predicted octanol–water partition coefficient (Wildman–Crippen LogP) is 1.36. The third kappa shape index (κ3) is 4.83. The normalized spacial score (nSPS) is 13.8. The molecule has 0 bridgehead atoms. The lowest BCUT2D eigenvalue weighted by Crippen LogP contribution is -2.45. The lowest BCUT2D eigenvalue weighted by molar-refractivity contribution is -0.127. The first kappa shape index (κ1) is 16.5. The zero-order valence-electron chi connectivity index (χ0n) is 11.6. The topological polar surface area (TPSA) is 98.2 Å². The molecular weight excluding hydrogens is 278 g/mol. The summed E-state index contributed by atoms with van der Waals surface area (Å²) in [5.41, 5.74) is 11.6. The molecule has 0 saturated heterocycles. The van der Waals surface area contributed by atoms with Gasteiger partial charge >= 0.3 is 0 Å². The fourth-order valence-corrected chi connectivity index (χ4v) is 2.00. The highest BCUT2D eigenvalue weighted by Gasteiger charge is 2.22. The fraction of sp³-hybridized carbons (Fsp3) is 0.429.